The number of halogens is 6. The Morgan fingerprint density at radius 2 is 1.61 bits per heavy atom. The lowest BCUT2D eigenvalue weighted by Crippen LogP contribution is -2.54. The van der Waals surface area contributed by atoms with Crippen molar-refractivity contribution in [2.45, 2.75) is 84.0 Å². The minimum Gasteiger partial charge on any atom is -0.444 e. The van der Waals surface area contributed by atoms with Gasteiger partial charge in [-0.3, -0.25) is 14.4 Å². The lowest BCUT2D eigenvalue weighted by Gasteiger charge is -2.30. The third-order valence-corrected chi connectivity index (χ3v) is 7.74. The number of hydrogen-bond donors (Lipinski definition) is 2. The molecule has 276 valence electrons. The zero-order valence-electron chi connectivity index (χ0n) is 28.2. The van der Waals surface area contributed by atoms with Crippen LogP contribution in [0, 0.1) is 17.5 Å². The molecule has 0 fully saturated rings. The van der Waals surface area contributed by atoms with Gasteiger partial charge in [-0.05, 0) is 39.3 Å². The Labute approximate surface area is 289 Å². The van der Waals surface area contributed by atoms with Crippen LogP contribution in [0.5, 0.6) is 0 Å². The summed E-state index contributed by atoms with van der Waals surface area (Å²) in [5.74, 6) is -7.53. The highest BCUT2D eigenvalue weighted by Crippen LogP contribution is 2.29. The summed E-state index contributed by atoms with van der Waals surface area (Å²) in [5.41, 5.74) is -0.633. The van der Waals surface area contributed by atoms with Crippen molar-refractivity contribution >= 4 is 23.8 Å². The maximum atomic E-state index is 14.7. The molecule has 0 aliphatic carbocycles. The molecular weight excluding hydrogens is 688 g/mol. The first kappa shape index (κ1) is 38.6. The second kappa shape index (κ2) is 15.8. The van der Waals surface area contributed by atoms with Crippen LogP contribution in [-0.4, -0.2) is 79.2 Å². The molecule has 1 aliphatic heterocycles. The molecule has 51 heavy (non-hydrogen) atoms. The molecule has 1 aliphatic rings. The van der Waals surface area contributed by atoms with Gasteiger partial charge in [0.05, 0.1) is 6.54 Å². The van der Waals surface area contributed by atoms with Gasteiger partial charge in [0.25, 0.3) is 0 Å². The monoisotopic (exact) mass is 725 g/mol. The molecule has 2 heterocycles. The molecule has 2 N–H and O–H groups in total. The van der Waals surface area contributed by atoms with E-state index >= 15 is 0 Å². The van der Waals surface area contributed by atoms with Crippen molar-refractivity contribution in [3.05, 3.63) is 82.7 Å². The van der Waals surface area contributed by atoms with Crippen molar-refractivity contribution in [3.8, 4) is 0 Å². The Bertz CT molecular complexity index is 1750. The van der Waals surface area contributed by atoms with Gasteiger partial charge < -0.3 is 29.7 Å². The van der Waals surface area contributed by atoms with Gasteiger partial charge in [-0.25, -0.2) is 18.0 Å². The van der Waals surface area contributed by atoms with Gasteiger partial charge in [0.1, 0.15) is 23.5 Å². The summed E-state index contributed by atoms with van der Waals surface area (Å²) in [6, 6.07) is 6.99. The van der Waals surface area contributed by atoms with Gasteiger partial charge in [-0.1, -0.05) is 30.3 Å². The van der Waals surface area contributed by atoms with E-state index < -0.39 is 96.0 Å². The molecule has 0 saturated carbocycles. The molecule has 4 rings (SSSR count). The number of rotatable bonds is 11. The van der Waals surface area contributed by atoms with E-state index in [9.17, 15) is 45.5 Å². The van der Waals surface area contributed by atoms with Gasteiger partial charge in [-0.2, -0.15) is 13.2 Å². The summed E-state index contributed by atoms with van der Waals surface area (Å²) >= 11 is 0. The van der Waals surface area contributed by atoms with Crippen LogP contribution in [-0.2, 0) is 51.4 Å². The zero-order chi connectivity index (χ0) is 37.7. The Kier molecular flexibility index (Phi) is 12.0. The number of hydrogen-bond acceptors (Lipinski definition) is 7. The predicted molar refractivity (Wildman–Crippen MR) is 168 cm³/mol. The SMILES string of the molecule is CC(NC(=O)C(Cc1ccccc1)NC(=O)OC(C)(C)C)C(=O)N(CCC(=O)N1CCn2c(nnc2C(F)(F)F)C1)Cc1cc(F)c(F)cc1F. The molecular formula is C33H37F6N7O5. The van der Waals surface area contributed by atoms with Gasteiger partial charge in [0.15, 0.2) is 17.5 Å². The van der Waals surface area contributed by atoms with Crippen LogP contribution in [0.1, 0.15) is 56.9 Å². The maximum absolute atomic E-state index is 14.7. The average molecular weight is 726 g/mol. The lowest BCUT2D eigenvalue weighted by molar-refractivity contribution is -0.148. The summed E-state index contributed by atoms with van der Waals surface area (Å²) in [4.78, 5) is 55.2. The summed E-state index contributed by atoms with van der Waals surface area (Å²) in [7, 11) is 0. The summed E-state index contributed by atoms with van der Waals surface area (Å²) < 4.78 is 88.3. The van der Waals surface area contributed by atoms with Gasteiger partial charge in [0.2, 0.25) is 23.5 Å². The highest BCUT2D eigenvalue weighted by atomic mass is 19.4. The lowest BCUT2D eigenvalue weighted by atomic mass is 10.0. The van der Waals surface area contributed by atoms with Gasteiger partial charge >= 0.3 is 12.3 Å². The van der Waals surface area contributed by atoms with E-state index in [1.54, 1.807) is 51.1 Å². The van der Waals surface area contributed by atoms with E-state index in [-0.39, 0.29) is 31.9 Å². The van der Waals surface area contributed by atoms with Crippen LogP contribution >= 0.6 is 0 Å². The van der Waals surface area contributed by atoms with Crippen molar-refractivity contribution in [1.82, 2.24) is 35.2 Å². The minimum absolute atomic E-state index is 0.0131. The van der Waals surface area contributed by atoms with E-state index in [1.807, 2.05) is 0 Å². The predicted octanol–water partition coefficient (Wildman–Crippen LogP) is 4.12. The van der Waals surface area contributed by atoms with Crippen molar-refractivity contribution in [1.29, 1.82) is 0 Å². The van der Waals surface area contributed by atoms with Crippen LogP contribution in [0.3, 0.4) is 0 Å². The molecule has 2 unspecified atom stereocenters. The number of amides is 4. The first-order chi connectivity index (χ1) is 23.8. The molecule has 12 nitrogen and oxygen atoms in total. The van der Waals surface area contributed by atoms with Crippen molar-refractivity contribution in [2.24, 2.45) is 0 Å². The van der Waals surface area contributed by atoms with E-state index in [0.29, 0.717) is 17.7 Å². The van der Waals surface area contributed by atoms with E-state index in [1.165, 1.54) is 11.8 Å². The third kappa shape index (κ3) is 10.4. The molecule has 4 amide bonds. The number of aromatic nitrogens is 3. The number of alkyl halides is 3. The molecule has 1 aromatic heterocycles. The van der Waals surface area contributed by atoms with Crippen molar-refractivity contribution in [3.63, 3.8) is 0 Å². The summed E-state index contributed by atoms with van der Waals surface area (Å²) in [5, 5.41) is 11.7. The van der Waals surface area contributed by atoms with E-state index in [4.69, 9.17) is 4.74 Å². The Morgan fingerprint density at radius 1 is 0.941 bits per heavy atom. The molecule has 0 spiro atoms. The Balaban J connectivity index is 1.50. The van der Waals surface area contributed by atoms with Crippen LogP contribution in [0.25, 0.3) is 0 Å². The van der Waals surface area contributed by atoms with Crippen LogP contribution in [0.2, 0.25) is 0 Å². The number of alkyl carbamates (subject to hydrolysis) is 1. The normalized spacial score (nSPS) is 14.3. The smallest absolute Gasteiger partial charge is 0.444 e. The second-order valence-corrected chi connectivity index (χ2v) is 12.9. The number of benzene rings is 2. The standard InChI is InChI=1S/C33H37F6N7O5/c1-19(40-28(48)25(14-20-8-6-5-7-9-20)41-31(50)51-32(2,3)4)29(49)45(17-21-15-23(35)24(36)16-22(21)34)11-10-27(47)44-12-13-46-26(18-44)42-43-30(46)33(37,38)39/h5-9,15-16,19,25H,10-14,17-18H2,1-4H3,(H,40,48)(H,41,50). The molecule has 3 aromatic rings. The first-order valence-corrected chi connectivity index (χ1v) is 15.9. The van der Waals surface area contributed by atoms with Crippen LogP contribution in [0.4, 0.5) is 31.1 Å². The largest absolute Gasteiger partial charge is 0.451 e. The summed E-state index contributed by atoms with van der Waals surface area (Å²) in [6.07, 6.45) is -6.03. The molecule has 2 aromatic carbocycles. The number of carbonyl (C=O) groups excluding carboxylic acids is 4. The number of nitrogens with one attached hydrogen (secondary N) is 2. The molecule has 18 heteroatoms. The fourth-order valence-corrected chi connectivity index (χ4v) is 5.29. The number of ether oxygens (including phenoxy) is 1. The minimum atomic E-state index is -4.74. The quantitative estimate of drug-likeness (QED) is 0.224. The Hall–Kier alpha value is -5.16. The maximum Gasteiger partial charge on any atom is 0.451 e. The first-order valence-electron chi connectivity index (χ1n) is 15.9. The molecule has 0 saturated heterocycles. The van der Waals surface area contributed by atoms with Gasteiger partial charge in [0, 0.05) is 50.7 Å². The zero-order valence-corrected chi connectivity index (χ0v) is 28.2. The highest BCUT2D eigenvalue weighted by Gasteiger charge is 2.40. The Morgan fingerprint density at radius 3 is 2.25 bits per heavy atom. The number of nitrogens with zero attached hydrogens (tertiary/aromatic N) is 5. The number of carbonyl (C=O) groups is 4. The molecule has 0 radical (unpaired) electrons. The average Bonchev–Trinajstić information content (AvgIpc) is 3.48. The number of fused-ring (bicyclic) bond motifs is 1. The van der Waals surface area contributed by atoms with Crippen LogP contribution < -0.4 is 10.6 Å². The van der Waals surface area contributed by atoms with Crippen molar-refractivity contribution < 1.29 is 50.3 Å². The third-order valence-electron chi connectivity index (χ3n) is 7.74. The van der Waals surface area contributed by atoms with Gasteiger partial charge in [-0.15, -0.1) is 10.2 Å². The fourth-order valence-electron chi connectivity index (χ4n) is 5.29. The fraction of sp³-hybridized carbons (Fsp3) is 0.455. The summed E-state index contributed by atoms with van der Waals surface area (Å²) in [6.45, 7) is 4.50. The topological polar surface area (TPSA) is 139 Å². The van der Waals surface area contributed by atoms with Crippen molar-refractivity contribution in [2.75, 3.05) is 13.1 Å². The molecule has 2 atom stereocenters. The highest BCUT2D eigenvalue weighted by molar-refractivity contribution is 5.91. The van der Waals surface area contributed by atoms with E-state index in [0.717, 1.165) is 9.47 Å². The second-order valence-electron chi connectivity index (χ2n) is 12.9. The van der Waals surface area contributed by atoms with E-state index in [2.05, 4.69) is 20.8 Å². The van der Waals surface area contributed by atoms with Crippen LogP contribution in [0.15, 0.2) is 42.5 Å². The molecule has 0 bridgehead atoms.